The van der Waals surface area contributed by atoms with Crippen molar-refractivity contribution < 1.29 is 25.6 Å². The third-order valence-electron chi connectivity index (χ3n) is 3.40. The van der Waals surface area contributed by atoms with E-state index in [2.05, 4.69) is 5.28 Å². The molecule has 0 aromatic carbocycles. The number of nitrogens with zero attached hydrogens (tertiary/aromatic N) is 3. The summed E-state index contributed by atoms with van der Waals surface area (Å²) in [5, 5.41) is 41.9. The van der Waals surface area contributed by atoms with Crippen LogP contribution in [0, 0.1) is 6.92 Å². The number of aliphatic hydroxyl groups is 2. The van der Waals surface area contributed by atoms with Crippen LogP contribution in [0.2, 0.25) is 0 Å². The molecule has 1 heterocycles. The average molecular weight is 254 g/mol. The van der Waals surface area contributed by atoms with E-state index in [1.54, 1.807) is 26.8 Å². The van der Waals surface area contributed by atoms with E-state index in [4.69, 9.17) is 5.21 Å². The predicted octanol–water partition coefficient (Wildman–Crippen LogP) is -1.12. The van der Waals surface area contributed by atoms with Crippen LogP contribution in [0.1, 0.15) is 19.5 Å². The molecule has 4 N–H and O–H groups in total. The number of hydrogen-bond donors (Lipinski definition) is 4. The highest BCUT2D eigenvalue weighted by atomic mass is 16.6. The van der Waals surface area contributed by atoms with Crippen LogP contribution in [0.15, 0.2) is 11.3 Å². The molecule has 1 aromatic heterocycles. The van der Waals surface area contributed by atoms with Crippen molar-refractivity contribution in [3.63, 3.8) is 0 Å². The van der Waals surface area contributed by atoms with Crippen LogP contribution in [0.5, 0.6) is 0 Å². The molecule has 2 unspecified atom stereocenters. The van der Waals surface area contributed by atoms with Gasteiger partial charge in [0.25, 0.3) is 10.2 Å². The van der Waals surface area contributed by atoms with Gasteiger partial charge in [0.15, 0.2) is 0 Å². The van der Waals surface area contributed by atoms with Crippen LogP contribution in [0.4, 0.5) is 0 Å². The Morgan fingerprint density at radius 2 is 1.72 bits per heavy atom. The van der Waals surface area contributed by atoms with Gasteiger partial charge in [-0.2, -0.15) is 0 Å². The zero-order chi connectivity index (χ0) is 13.6. The number of aryl methyl sites for hydroxylation is 1. The van der Waals surface area contributed by atoms with Crippen molar-refractivity contribution in [2.75, 3.05) is 0 Å². The lowest BCUT2D eigenvalue weighted by molar-refractivity contribution is -0.877. The number of hydrogen-bond acceptors (Lipinski definition) is 3. The molecule has 0 radical (unpaired) electrons. The van der Waals surface area contributed by atoms with E-state index in [1.807, 2.05) is 0 Å². The number of aromatic nitrogens is 1. The lowest BCUT2D eigenvalue weighted by Crippen LogP contribution is -2.47. The quantitative estimate of drug-likeness (QED) is 0.290. The summed E-state index contributed by atoms with van der Waals surface area (Å²) in [5.74, 6) is 0. The summed E-state index contributed by atoms with van der Waals surface area (Å²) in [4.78, 5) is 0.287. The third kappa shape index (κ3) is 1.52. The molecule has 2 rings (SSSR count). The number of fused-ring (bicyclic) bond motifs is 1. The van der Waals surface area contributed by atoms with Crippen molar-refractivity contribution in [1.29, 1.82) is 0 Å². The van der Waals surface area contributed by atoms with E-state index in [-0.39, 0.29) is 4.97 Å². The van der Waals surface area contributed by atoms with Gasteiger partial charge in [-0.15, -0.1) is 0 Å². The minimum Gasteiger partial charge on any atom is -0.386 e. The second kappa shape index (κ2) is 4.11. The molecule has 98 valence electrons. The van der Waals surface area contributed by atoms with E-state index in [9.17, 15) is 15.4 Å². The van der Waals surface area contributed by atoms with Crippen LogP contribution in [0.25, 0.3) is 11.1 Å². The monoisotopic (exact) mass is 254 g/mol. The molecule has 7 heteroatoms. The van der Waals surface area contributed by atoms with Gasteiger partial charge in [0.2, 0.25) is 0 Å². The van der Waals surface area contributed by atoms with Crippen molar-refractivity contribution in [3.05, 3.63) is 22.3 Å². The highest BCUT2D eigenvalue weighted by Crippen LogP contribution is 2.16. The standard InChI is InChI=1S/C11H15N3O4/c1-5-4-8-6(2)10(15)11(16)7(3)9(8)13(5)14(18)12-17/h4,10-11,15-16,18H,1-3H3/p+1. The predicted molar refractivity (Wildman–Crippen MR) is 60.3 cm³/mol. The second-order valence-electron chi connectivity index (χ2n) is 4.47. The van der Waals surface area contributed by atoms with Crippen LogP contribution in [-0.4, -0.2) is 42.5 Å². The molecular weight excluding hydrogens is 238 g/mol. The highest BCUT2D eigenvalue weighted by molar-refractivity contribution is 5.62. The van der Waals surface area contributed by atoms with Crippen LogP contribution in [-0.2, 0) is 0 Å². The highest BCUT2D eigenvalue weighted by Gasteiger charge is 2.30. The number of rotatable bonds is 1. The summed E-state index contributed by atoms with van der Waals surface area (Å²) < 4.78 is 1.25. The first-order valence-corrected chi connectivity index (χ1v) is 5.50. The van der Waals surface area contributed by atoms with Crippen LogP contribution in [0.3, 0.4) is 0 Å². The fourth-order valence-electron chi connectivity index (χ4n) is 2.35. The zero-order valence-electron chi connectivity index (χ0n) is 10.4. The summed E-state index contributed by atoms with van der Waals surface area (Å²) in [6.07, 6.45) is -2.01. The Hall–Kier alpha value is -1.86. The molecule has 18 heavy (non-hydrogen) atoms. The molecule has 0 bridgehead atoms. The minimum atomic E-state index is -1.04. The van der Waals surface area contributed by atoms with E-state index >= 15 is 0 Å². The Morgan fingerprint density at radius 1 is 1.17 bits per heavy atom. The van der Waals surface area contributed by atoms with Crippen molar-refractivity contribution in [1.82, 2.24) is 4.68 Å². The van der Waals surface area contributed by atoms with Gasteiger partial charge >= 0.3 is 0 Å². The molecular formula is C11H16N3O4+. The Morgan fingerprint density at radius 3 is 2.28 bits per heavy atom. The van der Waals surface area contributed by atoms with Crippen molar-refractivity contribution in [2.45, 2.75) is 33.0 Å². The molecule has 1 aromatic rings. The second-order valence-corrected chi connectivity index (χ2v) is 4.47. The fourth-order valence-corrected chi connectivity index (χ4v) is 2.35. The Kier molecular flexibility index (Phi) is 2.88. The van der Waals surface area contributed by atoms with Gasteiger partial charge in [-0.05, 0) is 42.7 Å². The van der Waals surface area contributed by atoms with Gasteiger partial charge < -0.3 is 15.4 Å². The molecule has 2 atom stereocenters. The summed E-state index contributed by atoms with van der Waals surface area (Å²) in [7, 11) is 0. The minimum absolute atomic E-state index is 0.287. The van der Waals surface area contributed by atoms with E-state index < -0.39 is 12.2 Å². The van der Waals surface area contributed by atoms with Gasteiger partial charge in [0.1, 0.15) is 17.6 Å². The van der Waals surface area contributed by atoms with Gasteiger partial charge in [0, 0.05) is 5.22 Å². The summed E-state index contributed by atoms with van der Waals surface area (Å²) in [6.45, 7) is 5.08. The maximum Gasteiger partial charge on any atom is 0.272 e. The molecule has 0 spiro atoms. The van der Waals surface area contributed by atoms with Crippen LogP contribution < -0.4 is 10.6 Å². The topological polar surface area (TPSA) is 101 Å². The molecule has 0 saturated heterocycles. The molecule has 1 aliphatic carbocycles. The fraction of sp³-hybridized carbons (Fsp3) is 0.455. The van der Waals surface area contributed by atoms with Crippen molar-refractivity contribution in [2.24, 2.45) is 5.28 Å². The molecule has 0 saturated carbocycles. The molecule has 0 amide bonds. The Labute approximate surface area is 103 Å². The molecule has 0 fully saturated rings. The SMILES string of the molecule is CC1=c2cc(C)n(/[N+](O)=N/O)c2=C(C)C(O)C1O. The average Bonchev–Trinajstić information content (AvgIpc) is 2.70. The van der Waals surface area contributed by atoms with Gasteiger partial charge in [-0.1, -0.05) is 0 Å². The zero-order valence-corrected chi connectivity index (χ0v) is 10.4. The van der Waals surface area contributed by atoms with E-state index in [0.29, 0.717) is 27.4 Å². The van der Waals surface area contributed by atoms with Crippen LogP contribution >= 0.6 is 0 Å². The molecule has 1 aliphatic rings. The van der Waals surface area contributed by atoms with Crippen molar-refractivity contribution in [3.8, 4) is 0 Å². The number of aliphatic hydroxyl groups excluding tert-OH is 2. The van der Waals surface area contributed by atoms with Gasteiger partial charge in [-0.3, -0.25) is 0 Å². The first kappa shape index (κ1) is 12.6. The lowest BCUT2D eigenvalue weighted by Gasteiger charge is -2.22. The lowest BCUT2D eigenvalue weighted by atomic mass is 9.93. The van der Waals surface area contributed by atoms with E-state index in [0.717, 1.165) is 0 Å². The molecule has 0 aliphatic heterocycles. The first-order chi connectivity index (χ1) is 8.40. The van der Waals surface area contributed by atoms with Crippen molar-refractivity contribution >= 4 is 11.1 Å². The molecule has 7 nitrogen and oxygen atoms in total. The summed E-state index contributed by atoms with van der Waals surface area (Å²) >= 11 is 0. The smallest absolute Gasteiger partial charge is 0.272 e. The van der Waals surface area contributed by atoms with E-state index in [1.165, 1.54) is 4.68 Å². The van der Waals surface area contributed by atoms with Gasteiger partial charge in [-0.25, -0.2) is 5.21 Å². The Bertz CT molecular complexity index is 644. The maximum atomic E-state index is 9.94. The largest absolute Gasteiger partial charge is 0.386 e. The maximum absolute atomic E-state index is 9.94. The Balaban J connectivity index is 2.99. The summed E-state index contributed by atoms with van der Waals surface area (Å²) in [5.41, 5.74) is 1.72. The first-order valence-electron chi connectivity index (χ1n) is 5.50. The summed E-state index contributed by atoms with van der Waals surface area (Å²) in [6, 6.07) is 1.75. The van der Waals surface area contributed by atoms with Gasteiger partial charge in [0.05, 0.1) is 5.69 Å². The third-order valence-corrected chi connectivity index (χ3v) is 3.40. The normalized spacial score (nSPS) is 24.4.